The topological polar surface area (TPSA) is 97.4 Å². The molecule has 0 radical (unpaired) electrons. The minimum Gasteiger partial charge on any atom is -0.491 e. The van der Waals surface area contributed by atoms with Gasteiger partial charge in [-0.15, -0.1) is 0 Å². The Morgan fingerprint density at radius 3 is 2.92 bits per heavy atom. The van der Waals surface area contributed by atoms with Crippen molar-refractivity contribution in [2.24, 2.45) is 0 Å². The molecule has 2 aromatic rings. The van der Waals surface area contributed by atoms with Crippen molar-refractivity contribution in [3.63, 3.8) is 0 Å². The van der Waals surface area contributed by atoms with E-state index in [1.807, 2.05) is 6.92 Å². The Balaban J connectivity index is 2.04. The molecule has 0 aromatic heterocycles. The summed E-state index contributed by atoms with van der Waals surface area (Å²) in [5, 5.41) is 11.1. The summed E-state index contributed by atoms with van der Waals surface area (Å²) < 4.78 is 25.1. The molecule has 4 N–H and O–H groups in total. The van der Waals surface area contributed by atoms with Gasteiger partial charge < -0.3 is 20.5 Å². The number of nitrogens with one attached hydrogen (secondary N) is 2. The largest absolute Gasteiger partial charge is 0.491 e. The summed E-state index contributed by atoms with van der Waals surface area (Å²) in [6, 6.07) is 9.74. The van der Waals surface area contributed by atoms with E-state index in [9.17, 15) is 9.18 Å². The number of cyclic esters (lactones) is 1. The average molecular weight is 357 g/mol. The van der Waals surface area contributed by atoms with Gasteiger partial charge in [0.2, 0.25) is 0 Å². The van der Waals surface area contributed by atoms with Gasteiger partial charge in [-0.1, -0.05) is 18.2 Å². The highest BCUT2D eigenvalue weighted by atomic mass is 19.1. The number of carbonyl (C=O) groups excluding carboxylic acids is 1. The van der Waals surface area contributed by atoms with Crippen LogP contribution in [-0.4, -0.2) is 24.5 Å². The van der Waals surface area contributed by atoms with Crippen LogP contribution in [0.3, 0.4) is 0 Å². The summed E-state index contributed by atoms with van der Waals surface area (Å²) in [4.78, 5) is 11.7. The number of benzene rings is 2. The fraction of sp³-hybridized carbons (Fsp3) is 0.263. The standard InChI is InChI=1S/C19H20FN3O3/c1-11-5-6-23-19(24)25-10-12-3-2-4-13(7-12)17(21)15-8-14(26-11)9-16(20)18(15)22/h2-4,7-9,11,21H,5-6,10,22H2,1H3,(H,23,24). The minimum atomic E-state index is -0.633. The molecule has 26 heavy (non-hydrogen) atoms. The van der Waals surface area contributed by atoms with E-state index in [0.29, 0.717) is 18.5 Å². The second-order valence-corrected chi connectivity index (χ2v) is 6.16. The Kier molecular flexibility index (Phi) is 5.06. The average Bonchev–Trinajstić information content (AvgIpc) is 2.62. The molecule has 136 valence electrons. The number of amides is 1. The maximum atomic E-state index is 14.2. The molecule has 7 heteroatoms. The number of fused-ring (bicyclic) bond motifs is 4. The van der Waals surface area contributed by atoms with E-state index in [2.05, 4.69) is 5.32 Å². The molecule has 0 saturated carbocycles. The second-order valence-electron chi connectivity index (χ2n) is 6.16. The van der Waals surface area contributed by atoms with Crippen molar-refractivity contribution in [2.45, 2.75) is 26.1 Å². The zero-order chi connectivity index (χ0) is 18.7. The van der Waals surface area contributed by atoms with Crippen LogP contribution in [-0.2, 0) is 11.3 Å². The van der Waals surface area contributed by atoms with Crippen molar-refractivity contribution >= 4 is 17.5 Å². The SMILES string of the molecule is CC1CCNC(=O)OCc2cccc(c2)C(=N)c2cc(cc(F)c2N)O1. The number of ether oxygens (including phenoxy) is 2. The molecule has 0 saturated heterocycles. The Hall–Kier alpha value is -3.09. The number of nitrogen functional groups attached to an aromatic ring is 1. The van der Waals surface area contributed by atoms with Crippen LogP contribution in [0.15, 0.2) is 36.4 Å². The third-order valence-corrected chi connectivity index (χ3v) is 4.12. The number of rotatable bonds is 0. The van der Waals surface area contributed by atoms with Gasteiger partial charge >= 0.3 is 6.09 Å². The normalized spacial score (nSPS) is 18.0. The number of anilines is 1. The minimum absolute atomic E-state index is 0.0701. The summed E-state index contributed by atoms with van der Waals surface area (Å²) in [5.74, 6) is -0.343. The Morgan fingerprint density at radius 1 is 1.31 bits per heavy atom. The molecule has 0 fully saturated rings. The number of hydrogen-bond donors (Lipinski definition) is 3. The molecule has 1 heterocycles. The van der Waals surface area contributed by atoms with E-state index < -0.39 is 11.9 Å². The van der Waals surface area contributed by atoms with Gasteiger partial charge in [0.15, 0.2) is 0 Å². The first-order chi connectivity index (χ1) is 12.4. The monoisotopic (exact) mass is 357 g/mol. The third-order valence-electron chi connectivity index (χ3n) is 4.12. The van der Waals surface area contributed by atoms with Crippen LogP contribution in [0.1, 0.15) is 30.0 Å². The highest BCUT2D eigenvalue weighted by molar-refractivity contribution is 6.14. The smallest absolute Gasteiger partial charge is 0.407 e. The van der Waals surface area contributed by atoms with E-state index in [4.69, 9.17) is 20.6 Å². The molecule has 1 aliphatic heterocycles. The van der Waals surface area contributed by atoms with Gasteiger partial charge in [0.1, 0.15) is 18.2 Å². The second kappa shape index (κ2) is 7.43. The van der Waals surface area contributed by atoms with Crippen molar-refractivity contribution in [1.29, 1.82) is 5.41 Å². The van der Waals surface area contributed by atoms with Gasteiger partial charge in [-0.2, -0.15) is 0 Å². The molecule has 0 spiro atoms. The van der Waals surface area contributed by atoms with Crippen LogP contribution in [0, 0.1) is 11.2 Å². The first-order valence-electron chi connectivity index (χ1n) is 8.28. The fourth-order valence-corrected chi connectivity index (χ4v) is 2.71. The zero-order valence-electron chi connectivity index (χ0n) is 14.3. The molecule has 1 atom stereocenters. The van der Waals surface area contributed by atoms with Gasteiger partial charge in [-0.3, -0.25) is 5.41 Å². The highest BCUT2D eigenvalue weighted by Crippen LogP contribution is 2.27. The van der Waals surface area contributed by atoms with Crippen molar-refractivity contribution in [3.8, 4) is 5.75 Å². The van der Waals surface area contributed by atoms with E-state index in [1.54, 1.807) is 30.3 Å². The lowest BCUT2D eigenvalue weighted by molar-refractivity contribution is 0.137. The number of alkyl carbamates (subject to hydrolysis) is 1. The zero-order valence-corrected chi connectivity index (χ0v) is 14.3. The van der Waals surface area contributed by atoms with Gasteiger partial charge in [-0.25, -0.2) is 9.18 Å². The first kappa shape index (κ1) is 17.7. The molecule has 6 nitrogen and oxygen atoms in total. The third kappa shape index (κ3) is 3.93. The molecular formula is C19H20FN3O3. The Labute approximate surface area is 150 Å². The molecule has 0 aliphatic carbocycles. The summed E-state index contributed by atoms with van der Waals surface area (Å²) in [6.07, 6.45) is -0.281. The number of nitrogens with two attached hydrogens (primary N) is 1. The van der Waals surface area contributed by atoms with Gasteiger partial charge in [-0.05, 0) is 24.6 Å². The summed E-state index contributed by atoms with van der Waals surface area (Å²) >= 11 is 0. The lowest BCUT2D eigenvalue weighted by atomic mass is 9.99. The molecule has 1 amide bonds. The lowest BCUT2D eigenvalue weighted by Crippen LogP contribution is -2.28. The van der Waals surface area contributed by atoms with Gasteiger partial charge in [0.05, 0.1) is 17.5 Å². The highest BCUT2D eigenvalue weighted by Gasteiger charge is 2.17. The van der Waals surface area contributed by atoms with Crippen molar-refractivity contribution in [3.05, 3.63) is 58.9 Å². The molecule has 4 bridgehead atoms. The maximum Gasteiger partial charge on any atom is 0.407 e. The molecule has 1 unspecified atom stereocenters. The molecule has 2 aromatic carbocycles. The molecule has 3 rings (SSSR count). The molecule has 1 aliphatic rings. The van der Waals surface area contributed by atoms with E-state index in [1.165, 1.54) is 6.07 Å². The van der Waals surface area contributed by atoms with Crippen LogP contribution in [0.2, 0.25) is 0 Å². The fourth-order valence-electron chi connectivity index (χ4n) is 2.71. The maximum absolute atomic E-state index is 14.2. The van der Waals surface area contributed by atoms with E-state index in [-0.39, 0.29) is 35.4 Å². The Morgan fingerprint density at radius 2 is 2.12 bits per heavy atom. The van der Waals surface area contributed by atoms with Crippen LogP contribution in [0.4, 0.5) is 14.9 Å². The van der Waals surface area contributed by atoms with Crippen LogP contribution in [0.25, 0.3) is 0 Å². The van der Waals surface area contributed by atoms with Crippen LogP contribution in [0.5, 0.6) is 5.75 Å². The quantitative estimate of drug-likeness (QED) is 0.631. The number of carbonyl (C=O) groups is 1. The van der Waals surface area contributed by atoms with E-state index >= 15 is 0 Å². The van der Waals surface area contributed by atoms with Gasteiger partial charge in [0.25, 0.3) is 0 Å². The van der Waals surface area contributed by atoms with Gasteiger partial charge in [0, 0.05) is 30.2 Å². The van der Waals surface area contributed by atoms with Crippen LogP contribution < -0.4 is 15.8 Å². The van der Waals surface area contributed by atoms with Crippen molar-refractivity contribution in [1.82, 2.24) is 5.32 Å². The summed E-state index contributed by atoms with van der Waals surface area (Å²) in [7, 11) is 0. The number of halogens is 1. The van der Waals surface area contributed by atoms with Crippen molar-refractivity contribution < 1.29 is 18.7 Å². The first-order valence-corrected chi connectivity index (χ1v) is 8.28. The lowest BCUT2D eigenvalue weighted by Gasteiger charge is -2.17. The van der Waals surface area contributed by atoms with Crippen LogP contribution >= 0.6 is 0 Å². The van der Waals surface area contributed by atoms with Crippen molar-refractivity contribution in [2.75, 3.05) is 12.3 Å². The molecular weight excluding hydrogens is 337 g/mol. The Bertz CT molecular complexity index is 854. The van der Waals surface area contributed by atoms with E-state index in [0.717, 1.165) is 5.56 Å². The summed E-state index contributed by atoms with van der Waals surface area (Å²) in [6.45, 7) is 2.25. The summed E-state index contributed by atoms with van der Waals surface area (Å²) in [5.41, 5.74) is 7.34. The predicted molar refractivity (Wildman–Crippen MR) is 96.1 cm³/mol. The number of hydrogen-bond acceptors (Lipinski definition) is 5. The predicted octanol–water partition coefficient (Wildman–Crippen LogP) is 3.22.